The Labute approximate surface area is 134 Å². The van der Waals surface area contributed by atoms with Crippen molar-refractivity contribution < 1.29 is 8.78 Å². The number of aromatic nitrogens is 1. The van der Waals surface area contributed by atoms with Crippen molar-refractivity contribution in [2.45, 2.75) is 31.6 Å². The van der Waals surface area contributed by atoms with Gasteiger partial charge in [-0.25, -0.2) is 13.8 Å². The highest BCUT2D eigenvalue weighted by Crippen LogP contribution is 2.68. The molecule has 2 heterocycles. The summed E-state index contributed by atoms with van der Waals surface area (Å²) in [5, 5.41) is 3.52. The van der Waals surface area contributed by atoms with E-state index in [9.17, 15) is 8.78 Å². The maximum atomic E-state index is 12.8. The van der Waals surface area contributed by atoms with Gasteiger partial charge in [0.15, 0.2) is 0 Å². The number of nitrogens with zero attached hydrogens (tertiary/aromatic N) is 1. The number of fused-ring (bicyclic) bond motifs is 1. The number of halogens is 2. The van der Waals surface area contributed by atoms with Crippen LogP contribution in [0, 0.1) is 5.41 Å². The monoisotopic (exact) mass is 314 g/mol. The molecule has 1 aliphatic carbocycles. The molecule has 0 amide bonds. The number of alkyl halides is 2. The second kappa shape index (κ2) is 5.10. The van der Waals surface area contributed by atoms with Gasteiger partial charge in [-0.2, -0.15) is 0 Å². The Kier molecular flexibility index (Phi) is 3.27. The molecule has 4 rings (SSSR count). The summed E-state index contributed by atoms with van der Waals surface area (Å²) in [6.45, 7) is 4.41. The van der Waals surface area contributed by atoms with Gasteiger partial charge in [-0.3, -0.25) is 0 Å². The summed E-state index contributed by atoms with van der Waals surface area (Å²) in [6, 6.07) is 13.1. The van der Waals surface area contributed by atoms with Crippen molar-refractivity contribution in [2.75, 3.05) is 13.1 Å². The molecule has 1 aromatic heterocycles. The Morgan fingerprint density at radius 2 is 1.91 bits per heavy atom. The van der Waals surface area contributed by atoms with Gasteiger partial charge < -0.3 is 5.32 Å². The summed E-state index contributed by atoms with van der Waals surface area (Å²) in [5.74, 6) is 0. The van der Waals surface area contributed by atoms with Crippen LogP contribution in [0.3, 0.4) is 0 Å². The maximum absolute atomic E-state index is 12.8. The molecule has 1 aliphatic heterocycles. The zero-order valence-corrected chi connectivity index (χ0v) is 13.2. The summed E-state index contributed by atoms with van der Waals surface area (Å²) < 4.78 is 25.6. The molecule has 2 aromatic rings. The van der Waals surface area contributed by atoms with Gasteiger partial charge in [-0.05, 0) is 36.0 Å². The average molecular weight is 314 g/mol. The highest BCUT2D eigenvalue weighted by Gasteiger charge is 2.69. The van der Waals surface area contributed by atoms with Crippen molar-refractivity contribution in [1.29, 1.82) is 0 Å². The molecular weight excluding hydrogens is 294 g/mol. The zero-order chi connectivity index (χ0) is 16.1. The largest absolute Gasteiger partial charge is 0.315 e. The Balaban J connectivity index is 1.64. The van der Waals surface area contributed by atoms with Gasteiger partial charge in [-0.15, -0.1) is 0 Å². The number of pyridine rings is 1. The SMILES string of the molecule is CCC12CNCC1(c1ccc(-c3cccc(C(F)F)n3)cc1)C2. The van der Waals surface area contributed by atoms with Crippen LogP contribution in [0.25, 0.3) is 11.3 Å². The van der Waals surface area contributed by atoms with Gasteiger partial charge in [0.25, 0.3) is 6.43 Å². The molecule has 2 nitrogen and oxygen atoms in total. The lowest BCUT2D eigenvalue weighted by Crippen LogP contribution is -2.19. The molecule has 23 heavy (non-hydrogen) atoms. The molecular formula is C19H20F2N2. The number of nitrogens with one attached hydrogen (secondary N) is 1. The molecule has 2 fully saturated rings. The third-order valence-electron chi connectivity index (χ3n) is 5.82. The Morgan fingerprint density at radius 3 is 2.57 bits per heavy atom. The van der Waals surface area contributed by atoms with Crippen LogP contribution in [0.4, 0.5) is 8.78 Å². The quantitative estimate of drug-likeness (QED) is 0.908. The Hall–Kier alpha value is -1.81. The fourth-order valence-corrected chi connectivity index (χ4v) is 4.32. The van der Waals surface area contributed by atoms with Crippen LogP contribution in [0.1, 0.15) is 37.4 Å². The highest BCUT2D eigenvalue weighted by molar-refractivity contribution is 5.60. The fourth-order valence-electron chi connectivity index (χ4n) is 4.32. The topological polar surface area (TPSA) is 24.9 Å². The zero-order valence-electron chi connectivity index (χ0n) is 13.2. The van der Waals surface area contributed by atoms with Crippen LogP contribution >= 0.6 is 0 Å². The molecule has 2 unspecified atom stereocenters. The first kappa shape index (κ1) is 14.8. The number of benzene rings is 1. The molecule has 2 aliphatic rings. The maximum Gasteiger partial charge on any atom is 0.280 e. The molecule has 1 N–H and O–H groups in total. The van der Waals surface area contributed by atoms with Crippen LogP contribution in [0.15, 0.2) is 42.5 Å². The van der Waals surface area contributed by atoms with Crippen molar-refractivity contribution in [2.24, 2.45) is 5.41 Å². The summed E-state index contributed by atoms with van der Waals surface area (Å²) in [6.07, 6.45) is -0.0869. The molecule has 2 atom stereocenters. The molecule has 120 valence electrons. The predicted octanol–water partition coefficient (Wildman–Crippen LogP) is 4.33. The van der Waals surface area contributed by atoms with Gasteiger partial charge in [-0.1, -0.05) is 37.3 Å². The summed E-state index contributed by atoms with van der Waals surface area (Å²) >= 11 is 0. The normalized spacial score (nSPS) is 28.9. The fraction of sp³-hybridized carbons (Fsp3) is 0.421. The average Bonchev–Trinajstić information content (AvgIpc) is 3.11. The first-order valence-electron chi connectivity index (χ1n) is 8.17. The van der Waals surface area contributed by atoms with Crippen LogP contribution < -0.4 is 5.32 Å². The van der Waals surface area contributed by atoms with Crippen molar-refractivity contribution in [3.8, 4) is 11.3 Å². The second-order valence-corrected chi connectivity index (χ2v) is 6.82. The molecule has 0 spiro atoms. The number of hydrogen-bond donors (Lipinski definition) is 1. The molecule has 0 bridgehead atoms. The van der Waals surface area contributed by atoms with Crippen molar-refractivity contribution >= 4 is 0 Å². The van der Waals surface area contributed by atoms with E-state index in [1.54, 1.807) is 12.1 Å². The van der Waals surface area contributed by atoms with E-state index >= 15 is 0 Å². The summed E-state index contributed by atoms with van der Waals surface area (Å²) in [7, 11) is 0. The number of hydrogen-bond acceptors (Lipinski definition) is 2. The number of rotatable bonds is 4. The van der Waals surface area contributed by atoms with E-state index in [2.05, 4.69) is 29.4 Å². The molecule has 1 saturated carbocycles. The van der Waals surface area contributed by atoms with Crippen molar-refractivity contribution in [1.82, 2.24) is 10.3 Å². The van der Waals surface area contributed by atoms with E-state index in [-0.39, 0.29) is 11.1 Å². The minimum atomic E-state index is -2.53. The minimum Gasteiger partial charge on any atom is -0.315 e. The lowest BCUT2D eigenvalue weighted by atomic mass is 9.86. The number of piperidine rings is 1. The van der Waals surface area contributed by atoms with Crippen LogP contribution in [-0.4, -0.2) is 18.1 Å². The third kappa shape index (κ3) is 2.12. The molecule has 0 radical (unpaired) electrons. The van der Waals surface area contributed by atoms with Gasteiger partial charge in [0.2, 0.25) is 0 Å². The summed E-state index contributed by atoms with van der Waals surface area (Å²) in [4.78, 5) is 4.06. The standard InChI is InChI=1S/C19H20F2N2/c1-2-18-10-19(18,12-22-11-18)14-8-6-13(7-9-14)15-4-3-5-16(23-15)17(20)21/h3-9,17,22H,2,10-12H2,1H3. The third-order valence-corrected chi connectivity index (χ3v) is 5.82. The van der Waals surface area contributed by atoms with Crippen LogP contribution in [-0.2, 0) is 5.41 Å². The first-order valence-corrected chi connectivity index (χ1v) is 8.17. The Morgan fingerprint density at radius 1 is 1.13 bits per heavy atom. The van der Waals surface area contributed by atoms with E-state index in [4.69, 9.17) is 0 Å². The molecule has 1 saturated heterocycles. The Bertz CT molecular complexity index is 728. The van der Waals surface area contributed by atoms with Crippen molar-refractivity contribution in [3.63, 3.8) is 0 Å². The van der Waals surface area contributed by atoms with Gasteiger partial charge >= 0.3 is 0 Å². The smallest absolute Gasteiger partial charge is 0.280 e. The molecule has 1 aromatic carbocycles. The highest BCUT2D eigenvalue weighted by atomic mass is 19.3. The van der Waals surface area contributed by atoms with Crippen molar-refractivity contribution in [3.05, 3.63) is 53.7 Å². The lowest BCUT2D eigenvalue weighted by Gasteiger charge is -2.17. The van der Waals surface area contributed by atoms with E-state index < -0.39 is 6.43 Å². The van der Waals surface area contributed by atoms with Crippen LogP contribution in [0.2, 0.25) is 0 Å². The van der Waals surface area contributed by atoms with E-state index in [0.717, 1.165) is 18.7 Å². The van der Waals surface area contributed by atoms with Gasteiger partial charge in [0.05, 0.1) is 5.69 Å². The lowest BCUT2D eigenvalue weighted by molar-refractivity contribution is 0.146. The first-order chi connectivity index (χ1) is 11.1. The predicted molar refractivity (Wildman–Crippen MR) is 86.5 cm³/mol. The van der Waals surface area contributed by atoms with E-state index in [1.165, 1.54) is 24.5 Å². The van der Waals surface area contributed by atoms with E-state index in [0.29, 0.717) is 11.1 Å². The second-order valence-electron chi connectivity index (χ2n) is 6.82. The van der Waals surface area contributed by atoms with Gasteiger partial charge in [0, 0.05) is 24.1 Å². The molecule has 4 heteroatoms. The van der Waals surface area contributed by atoms with E-state index in [1.807, 2.05) is 12.1 Å². The summed E-state index contributed by atoms with van der Waals surface area (Å²) in [5.41, 5.74) is 3.38. The van der Waals surface area contributed by atoms with Crippen LogP contribution in [0.5, 0.6) is 0 Å². The minimum absolute atomic E-state index is 0.169. The van der Waals surface area contributed by atoms with Gasteiger partial charge in [0.1, 0.15) is 5.69 Å².